The van der Waals surface area contributed by atoms with Crippen molar-refractivity contribution >= 4 is 69.8 Å². The molecular weight excluding hydrogens is 1180 g/mol. The molecule has 3 amide bonds. The second kappa shape index (κ2) is 32.8. The molecule has 1 aromatic carbocycles. The number of benzene rings is 1. The normalized spacial score (nSPS) is 20.9. The Bertz CT molecular complexity index is 2940. The van der Waals surface area contributed by atoms with Crippen LogP contribution in [0.5, 0.6) is 11.5 Å². The standard InChI is InChI=1S/C62H89N5O19P2/c1-17-45(70)82-31-83-59(78)63-42(21-22-44(69)64-60(87-79)88-80)58(77)66(15)30-46(71)85-55(34(5)20-18-19-33(4)41(12)68)39(10)52(73)38(9)51(72)37(8)43(81-16)23-28-84-62(14)57(76)49-47-48(54(75)40(11)56(49)86-62)53(74)36(7)35(6)50(47)65-61(13)24-26-67(27-25-61)29-32(2)3/h18-20,23,28,32,34,37-39,42-43,51-52,55,60,72-73,75H,17,21-22,24-27,29-31H2,1-16H3,(H,63,78)(H,64,69)/b20-18+,28-23+,33-19-,65-50+/t34-,37+,38-,39-,42-,43-,51+,52-,55-,62-/m0/s1. The summed E-state index contributed by atoms with van der Waals surface area (Å²) >= 11 is 0. The number of nitrogens with zero attached hydrogens (tertiary/aromatic N) is 3. The Morgan fingerprint density at radius 3 is 2.06 bits per heavy atom. The second-order valence-electron chi connectivity index (χ2n) is 23.8. The third-order valence-corrected chi connectivity index (χ3v) is 17.8. The molecule has 0 bridgehead atoms. The summed E-state index contributed by atoms with van der Waals surface area (Å²) in [6.45, 7) is 25.0. The number of allylic oxidation sites excluding steroid dienone is 5. The second-order valence-corrected chi connectivity index (χ2v) is 25.7. The van der Waals surface area contributed by atoms with Gasteiger partial charge in [0.2, 0.25) is 18.6 Å². The molecule has 2 aliphatic heterocycles. The van der Waals surface area contributed by atoms with Crippen LogP contribution < -0.4 is 15.4 Å². The van der Waals surface area contributed by atoms with Gasteiger partial charge in [0.25, 0.3) is 5.78 Å². The number of methoxy groups -OCH3 is 1. The molecule has 2 heterocycles. The number of ether oxygens (including phenoxy) is 6. The number of aromatic hydroxyl groups is 1. The lowest BCUT2D eigenvalue weighted by atomic mass is 9.78. The van der Waals surface area contributed by atoms with Gasteiger partial charge in [-0.2, -0.15) is 0 Å². The number of hydrogen-bond acceptors (Lipinski definition) is 21. The fraction of sp³-hybridized carbons (Fsp3) is 0.629. The van der Waals surface area contributed by atoms with Crippen molar-refractivity contribution in [2.24, 2.45) is 34.6 Å². The van der Waals surface area contributed by atoms with Crippen LogP contribution >= 0.6 is 16.9 Å². The third-order valence-electron chi connectivity index (χ3n) is 16.6. The average molecular weight is 1270 g/mol. The number of aliphatic hydroxyl groups excluding tert-OH is 2. The van der Waals surface area contributed by atoms with Crippen LogP contribution in [0.15, 0.2) is 52.3 Å². The zero-order valence-corrected chi connectivity index (χ0v) is 55.2. The van der Waals surface area contributed by atoms with Crippen molar-refractivity contribution in [1.82, 2.24) is 20.4 Å². The molecule has 10 atom stereocenters. The van der Waals surface area contributed by atoms with E-state index in [4.69, 9.17) is 33.4 Å². The maximum absolute atomic E-state index is 14.8. The summed E-state index contributed by atoms with van der Waals surface area (Å²) in [4.78, 5) is 114. The number of aliphatic imine (C=N–C) groups is 1. The number of aliphatic hydroxyl groups is 2. The van der Waals surface area contributed by atoms with Crippen molar-refractivity contribution in [3.05, 3.63) is 69.5 Å². The lowest BCUT2D eigenvalue weighted by molar-refractivity contribution is -0.162. The maximum Gasteiger partial charge on any atom is 0.410 e. The highest BCUT2D eigenvalue weighted by Gasteiger charge is 2.52. The number of likely N-dealkylation sites (tertiary alicyclic amines) is 1. The summed E-state index contributed by atoms with van der Waals surface area (Å²) in [5, 5.41) is 40.3. The molecule has 1 fully saturated rings. The number of rotatable bonds is 31. The van der Waals surface area contributed by atoms with Gasteiger partial charge in [0.1, 0.15) is 30.2 Å². The van der Waals surface area contributed by atoms with Gasteiger partial charge in [-0.15, -0.1) is 0 Å². The Labute approximate surface area is 518 Å². The average Bonchev–Trinajstić information content (AvgIpc) is 1.45. The number of ketones is 3. The Morgan fingerprint density at radius 1 is 0.852 bits per heavy atom. The molecule has 24 nitrogen and oxygen atoms in total. The molecule has 4 rings (SSSR count). The molecule has 1 aliphatic carbocycles. The Hall–Kier alpha value is -6.55. The Kier molecular flexibility index (Phi) is 27.5. The number of phenols is 1. The van der Waals surface area contributed by atoms with E-state index in [1.807, 2.05) is 0 Å². The molecule has 3 aliphatic rings. The van der Waals surface area contributed by atoms with Gasteiger partial charge < -0.3 is 64.2 Å². The quantitative estimate of drug-likeness (QED) is 0.0118. The predicted molar refractivity (Wildman–Crippen MR) is 326 cm³/mol. The van der Waals surface area contributed by atoms with E-state index in [1.165, 1.54) is 47.3 Å². The highest BCUT2D eigenvalue weighted by molar-refractivity contribution is 7.44. The molecule has 0 spiro atoms. The number of fused-ring (bicyclic) bond motifs is 3. The number of alkyl carbamates (subject to hydrolysis) is 1. The van der Waals surface area contributed by atoms with Crippen LogP contribution in [-0.2, 0) is 56.8 Å². The van der Waals surface area contributed by atoms with E-state index in [0.29, 0.717) is 28.3 Å². The van der Waals surface area contributed by atoms with Crippen molar-refractivity contribution < 1.29 is 91.2 Å². The van der Waals surface area contributed by atoms with Gasteiger partial charge in [-0.05, 0) is 83.9 Å². The molecule has 5 N–H and O–H groups in total. The van der Waals surface area contributed by atoms with Gasteiger partial charge in [-0.1, -0.05) is 66.7 Å². The molecule has 486 valence electrons. The summed E-state index contributed by atoms with van der Waals surface area (Å²) in [7, 11) is 1.31. The van der Waals surface area contributed by atoms with E-state index in [2.05, 4.69) is 36.3 Å². The van der Waals surface area contributed by atoms with Gasteiger partial charge >= 0.3 is 23.8 Å². The van der Waals surface area contributed by atoms with Crippen LogP contribution in [0.3, 0.4) is 0 Å². The number of hydrogen-bond donors (Lipinski definition) is 5. The lowest BCUT2D eigenvalue weighted by Crippen LogP contribution is -2.50. The van der Waals surface area contributed by atoms with Crippen LogP contribution in [0.2, 0.25) is 0 Å². The van der Waals surface area contributed by atoms with E-state index in [1.54, 1.807) is 73.6 Å². The van der Waals surface area contributed by atoms with Gasteiger partial charge in [0.05, 0.1) is 47.0 Å². The largest absolute Gasteiger partial charge is 0.507 e. The van der Waals surface area contributed by atoms with E-state index in [0.717, 1.165) is 37.4 Å². The summed E-state index contributed by atoms with van der Waals surface area (Å²) in [6, 6.07) is -1.53. The first-order valence-electron chi connectivity index (χ1n) is 29.5. The SMILES string of the molecule is CCC(=O)OCOC(=O)N[C@@H](CCC(=O)NC(P=O)P=O)C(=O)N(C)CC(=O)O[C@H]([C@@H](C)[C@@H](O)[C@@H](C)[C@H](O)[C@H](C)[C@H](/C=C/O[C@@]1(C)Oc2c(C)c(O)c3c(c2C1=O)/C(=N/C1(C)CCN(CC(C)C)CC1)C(C)=C(C)C3=O)OC)[C@@H](C)/C=C/C=C(/C)C(C)=O. The zero-order valence-electron chi connectivity index (χ0n) is 53.4. The Morgan fingerprint density at radius 2 is 1.48 bits per heavy atom. The maximum atomic E-state index is 14.8. The first kappa shape index (κ1) is 73.9. The van der Waals surface area contributed by atoms with E-state index in [9.17, 15) is 62.8 Å². The number of nitrogens with one attached hydrogen (secondary N) is 2. The fourth-order valence-electron chi connectivity index (χ4n) is 10.7. The molecule has 0 aromatic heterocycles. The number of Topliss-reactive ketones (excluding diaryl/α,β-unsaturated/α-hetero) is 3. The first-order chi connectivity index (χ1) is 41.2. The highest BCUT2D eigenvalue weighted by atomic mass is 31.1. The number of amides is 3. The first-order valence-corrected chi connectivity index (χ1v) is 31.2. The molecule has 0 radical (unpaired) electrons. The monoisotopic (exact) mass is 1270 g/mol. The van der Waals surface area contributed by atoms with Crippen molar-refractivity contribution in [2.75, 3.05) is 47.1 Å². The summed E-state index contributed by atoms with van der Waals surface area (Å²) in [6.07, 6.45) is 2.07. The van der Waals surface area contributed by atoms with Gasteiger partial charge in [0.15, 0.2) is 34.0 Å². The summed E-state index contributed by atoms with van der Waals surface area (Å²) in [5.41, 5.74) is 0.416. The fourth-order valence-corrected chi connectivity index (χ4v) is 11.3. The highest BCUT2D eigenvalue weighted by Crippen LogP contribution is 2.49. The third kappa shape index (κ3) is 18.8. The summed E-state index contributed by atoms with van der Waals surface area (Å²) in [5.74, 6) is -9.72. The summed E-state index contributed by atoms with van der Waals surface area (Å²) < 4.78 is 56.4. The van der Waals surface area contributed by atoms with Crippen LogP contribution in [0.1, 0.15) is 154 Å². The van der Waals surface area contributed by atoms with Crippen molar-refractivity contribution in [2.45, 2.75) is 176 Å². The minimum Gasteiger partial charge on any atom is -0.507 e. The Balaban J connectivity index is 1.57. The molecule has 1 aromatic rings. The van der Waals surface area contributed by atoms with E-state index in [-0.39, 0.29) is 46.0 Å². The van der Waals surface area contributed by atoms with Gasteiger partial charge in [0, 0.05) is 93.9 Å². The minimum absolute atomic E-state index is 0.0147. The number of phenolic OH excluding ortho intramolecular Hbond substituents is 1. The van der Waals surface area contributed by atoms with Crippen LogP contribution in [0, 0.1) is 36.5 Å². The van der Waals surface area contributed by atoms with Crippen LogP contribution in [0.4, 0.5) is 4.79 Å². The van der Waals surface area contributed by atoms with Crippen molar-refractivity contribution in [3.8, 4) is 11.5 Å². The van der Waals surface area contributed by atoms with Gasteiger partial charge in [-0.25, -0.2) is 4.79 Å². The lowest BCUT2D eigenvalue weighted by Gasteiger charge is -2.38. The molecule has 26 heteroatoms. The number of esters is 2. The number of carbonyl (C=O) groups is 8. The molecule has 0 saturated carbocycles. The molecule has 1 saturated heterocycles. The minimum atomic E-state index is -2.00. The van der Waals surface area contributed by atoms with Crippen LogP contribution in [0.25, 0.3) is 0 Å². The molecule has 88 heavy (non-hydrogen) atoms. The number of carbonyl (C=O) groups excluding carboxylic acids is 8. The zero-order chi connectivity index (χ0) is 66.3. The predicted octanol–water partition coefficient (Wildman–Crippen LogP) is 7.87. The number of piperidine rings is 1. The van der Waals surface area contributed by atoms with Crippen LogP contribution in [-0.4, -0.2) is 172 Å². The van der Waals surface area contributed by atoms with Crippen molar-refractivity contribution in [1.29, 1.82) is 0 Å². The number of likely N-dealkylation sites (N-methyl/N-ethyl adjacent to an activating group) is 1. The van der Waals surface area contributed by atoms with Gasteiger partial charge in [-0.3, -0.25) is 47.7 Å². The van der Waals surface area contributed by atoms with Crippen molar-refractivity contribution in [3.63, 3.8) is 0 Å². The van der Waals surface area contributed by atoms with E-state index >= 15 is 0 Å². The van der Waals surface area contributed by atoms with E-state index < -0.39 is 155 Å². The molecular formula is C62H89N5O19P2. The molecule has 0 unspecified atom stereocenters. The topological polar surface area (TPSA) is 330 Å². The smallest absolute Gasteiger partial charge is 0.410 e.